The fourth-order valence-corrected chi connectivity index (χ4v) is 1.87. The van der Waals surface area contributed by atoms with Crippen LogP contribution in [0.4, 0.5) is 5.82 Å². The molecule has 0 saturated carbocycles. The molecule has 2 aromatic rings. The van der Waals surface area contributed by atoms with Crippen molar-refractivity contribution in [3.63, 3.8) is 0 Å². The maximum absolute atomic E-state index is 6.09. The highest BCUT2D eigenvalue weighted by molar-refractivity contribution is 5.33. The van der Waals surface area contributed by atoms with E-state index in [1.54, 1.807) is 0 Å². The molecular formula is C15H22ClN3. The molecule has 104 valence electrons. The Morgan fingerprint density at radius 2 is 1.79 bits per heavy atom. The lowest BCUT2D eigenvalue weighted by Crippen LogP contribution is -3.00. The van der Waals surface area contributed by atoms with Crippen molar-refractivity contribution in [1.29, 1.82) is 0 Å². The second kappa shape index (κ2) is 5.66. The van der Waals surface area contributed by atoms with E-state index in [0.29, 0.717) is 0 Å². The van der Waals surface area contributed by atoms with Crippen LogP contribution in [0.5, 0.6) is 0 Å². The van der Waals surface area contributed by atoms with Gasteiger partial charge in [-0.05, 0) is 25.5 Å². The molecule has 1 aromatic carbocycles. The molecule has 0 spiro atoms. The summed E-state index contributed by atoms with van der Waals surface area (Å²) in [6.45, 7) is 8.71. The predicted octanol–water partition coefficient (Wildman–Crippen LogP) is -0.126. The average Bonchev–Trinajstić information content (AvgIpc) is 2.73. The molecule has 1 aromatic heterocycles. The van der Waals surface area contributed by atoms with Gasteiger partial charge in [-0.25, -0.2) is 5.10 Å². The molecule has 0 radical (unpaired) electrons. The van der Waals surface area contributed by atoms with E-state index in [2.05, 4.69) is 57.1 Å². The normalized spacial score (nSPS) is 11.2. The zero-order chi connectivity index (χ0) is 13.3. The van der Waals surface area contributed by atoms with Crippen LogP contribution in [0.15, 0.2) is 30.3 Å². The minimum absolute atomic E-state index is 0. The number of nitrogen functional groups attached to an aromatic ring is 1. The molecule has 3 N–H and O–H groups in total. The molecule has 0 unspecified atom stereocenters. The van der Waals surface area contributed by atoms with Gasteiger partial charge in [-0.15, -0.1) is 4.68 Å². The number of halogens is 1. The van der Waals surface area contributed by atoms with Gasteiger partial charge in [0.15, 0.2) is 5.69 Å². The zero-order valence-corrected chi connectivity index (χ0v) is 12.8. The lowest BCUT2D eigenvalue weighted by atomic mass is 9.87. The molecule has 0 atom stereocenters. The van der Waals surface area contributed by atoms with Gasteiger partial charge in [-0.3, -0.25) is 5.73 Å². The summed E-state index contributed by atoms with van der Waals surface area (Å²) >= 11 is 0. The van der Waals surface area contributed by atoms with E-state index in [0.717, 1.165) is 17.9 Å². The van der Waals surface area contributed by atoms with Crippen LogP contribution in [0.3, 0.4) is 0 Å². The molecule has 0 aliphatic rings. The standard InChI is InChI=1S/C15H21N3.ClH/c1-5-15(3,4)13-10-14(16)18(17-13)12-8-6-11(2)7-9-12;/h6-10H,5H2,1-4H3,(H2,16,17);1H. The van der Waals surface area contributed by atoms with Crippen LogP contribution in [0.25, 0.3) is 5.69 Å². The number of nitrogens with zero attached hydrogens (tertiary/aromatic N) is 1. The molecule has 0 amide bonds. The first-order valence-electron chi connectivity index (χ1n) is 6.42. The largest absolute Gasteiger partial charge is 1.00 e. The maximum atomic E-state index is 6.09. The summed E-state index contributed by atoms with van der Waals surface area (Å²) in [5.74, 6) is 0.746. The van der Waals surface area contributed by atoms with Crippen molar-refractivity contribution >= 4 is 5.82 Å². The number of aromatic amines is 1. The van der Waals surface area contributed by atoms with Gasteiger partial charge in [0.05, 0.1) is 11.8 Å². The van der Waals surface area contributed by atoms with E-state index in [1.165, 1.54) is 11.3 Å². The van der Waals surface area contributed by atoms with E-state index >= 15 is 0 Å². The number of aryl methyl sites for hydroxylation is 1. The Kier molecular flexibility index (Phi) is 4.64. The second-order valence-corrected chi connectivity index (χ2v) is 5.50. The topological polar surface area (TPSA) is 45.7 Å². The third-order valence-electron chi connectivity index (χ3n) is 3.69. The van der Waals surface area contributed by atoms with Gasteiger partial charge in [-0.1, -0.05) is 38.5 Å². The third kappa shape index (κ3) is 3.10. The van der Waals surface area contributed by atoms with E-state index in [9.17, 15) is 0 Å². The third-order valence-corrected chi connectivity index (χ3v) is 3.69. The van der Waals surface area contributed by atoms with Gasteiger partial charge in [0.1, 0.15) is 0 Å². The maximum Gasteiger partial charge on any atom is 0.298 e. The minimum Gasteiger partial charge on any atom is -1.00 e. The van der Waals surface area contributed by atoms with Crippen molar-refractivity contribution in [3.05, 3.63) is 41.6 Å². The van der Waals surface area contributed by atoms with Crippen molar-refractivity contribution < 1.29 is 17.1 Å². The smallest absolute Gasteiger partial charge is 0.298 e. The molecule has 0 fully saturated rings. The highest BCUT2D eigenvalue weighted by Crippen LogP contribution is 2.25. The highest BCUT2D eigenvalue weighted by Gasteiger charge is 2.24. The summed E-state index contributed by atoms with van der Waals surface area (Å²) in [4.78, 5) is 0. The first-order chi connectivity index (χ1) is 8.44. The molecule has 0 aliphatic carbocycles. The number of nitrogens with two attached hydrogens (primary N) is 1. The van der Waals surface area contributed by atoms with Crippen LogP contribution < -0.4 is 22.8 Å². The van der Waals surface area contributed by atoms with Crippen molar-refractivity contribution in [3.8, 4) is 5.69 Å². The monoisotopic (exact) mass is 279 g/mol. The van der Waals surface area contributed by atoms with Gasteiger partial charge in [0.25, 0.3) is 5.82 Å². The Balaban J connectivity index is 0.00000180. The summed E-state index contributed by atoms with van der Waals surface area (Å²) < 4.78 is 1.94. The number of anilines is 1. The Morgan fingerprint density at radius 3 is 2.32 bits per heavy atom. The van der Waals surface area contributed by atoms with Crippen molar-refractivity contribution in [2.24, 2.45) is 0 Å². The van der Waals surface area contributed by atoms with Crippen molar-refractivity contribution in [2.45, 2.75) is 39.5 Å². The van der Waals surface area contributed by atoms with Crippen LogP contribution in [-0.2, 0) is 5.41 Å². The molecule has 3 nitrogen and oxygen atoms in total. The van der Waals surface area contributed by atoms with E-state index in [-0.39, 0.29) is 17.8 Å². The van der Waals surface area contributed by atoms with E-state index < -0.39 is 0 Å². The molecular weight excluding hydrogens is 258 g/mol. The van der Waals surface area contributed by atoms with Gasteiger partial charge in [0, 0.05) is 5.41 Å². The predicted molar refractivity (Wildman–Crippen MR) is 74.8 cm³/mol. The van der Waals surface area contributed by atoms with Gasteiger partial charge < -0.3 is 12.4 Å². The Labute approximate surface area is 121 Å². The quantitative estimate of drug-likeness (QED) is 0.756. The van der Waals surface area contributed by atoms with Crippen molar-refractivity contribution in [2.75, 3.05) is 5.73 Å². The molecule has 2 rings (SSSR count). The lowest BCUT2D eigenvalue weighted by molar-refractivity contribution is -0.641. The average molecular weight is 280 g/mol. The summed E-state index contributed by atoms with van der Waals surface area (Å²) in [5.41, 5.74) is 9.69. The number of rotatable bonds is 3. The van der Waals surface area contributed by atoms with Gasteiger partial charge in [0.2, 0.25) is 0 Å². The summed E-state index contributed by atoms with van der Waals surface area (Å²) in [6.07, 6.45) is 1.07. The summed E-state index contributed by atoms with van der Waals surface area (Å²) in [7, 11) is 0. The number of aromatic nitrogens is 2. The van der Waals surface area contributed by atoms with Crippen LogP contribution in [0.1, 0.15) is 38.4 Å². The number of hydrogen-bond acceptors (Lipinski definition) is 1. The van der Waals surface area contributed by atoms with Crippen LogP contribution in [0, 0.1) is 6.92 Å². The minimum atomic E-state index is 0. The molecule has 0 saturated heterocycles. The zero-order valence-electron chi connectivity index (χ0n) is 12.0. The van der Waals surface area contributed by atoms with E-state index in [1.807, 2.05) is 10.7 Å². The molecule has 1 heterocycles. The van der Waals surface area contributed by atoms with E-state index in [4.69, 9.17) is 5.73 Å². The Morgan fingerprint density at radius 1 is 1.21 bits per heavy atom. The van der Waals surface area contributed by atoms with Gasteiger partial charge in [-0.2, -0.15) is 0 Å². The summed E-state index contributed by atoms with van der Waals surface area (Å²) in [6, 6.07) is 10.4. The Hall–Kier alpha value is -1.48. The fraction of sp³-hybridized carbons (Fsp3) is 0.400. The van der Waals surface area contributed by atoms with Crippen LogP contribution >= 0.6 is 0 Å². The summed E-state index contributed by atoms with van der Waals surface area (Å²) in [5, 5.41) is 3.40. The first-order valence-corrected chi connectivity index (χ1v) is 6.42. The van der Waals surface area contributed by atoms with Gasteiger partial charge >= 0.3 is 0 Å². The number of benzene rings is 1. The fourth-order valence-electron chi connectivity index (χ4n) is 1.87. The van der Waals surface area contributed by atoms with Crippen molar-refractivity contribution in [1.82, 2.24) is 5.10 Å². The van der Waals surface area contributed by atoms with Crippen LogP contribution in [-0.4, -0.2) is 5.10 Å². The lowest BCUT2D eigenvalue weighted by Gasteiger charge is -2.19. The highest BCUT2D eigenvalue weighted by atomic mass is 35.5. The molecule has 4 heteroatoms. The Bertz CT molecular complexity index is 541. The van der Waals surface area contributed by atoms with Crippen LogP contribution in [0.2, 0.25) is 0 Å². The molecule has 19 heavy (non-hydrogen) atoms. The molecule has 0 aliphatic heterocycles. The number of H-pyrrole nitrogens is 1. The number of hydrogen-bond donors (Lipinski definition) is 2. The second-order valence-electron chi connectivity index (χ2n) is 5.50. The molecule has 0 bridgehead atoms. The number of nitrogens with one attached hydrogen (secondary N) is 1. The first kappa shape index (κ1) is 15.6. The SMILES string of the molecule is CCC(C)(C)c1cc(N)[n+](-c2ccc(C)cc2)[nH]1.[Cl-].